The maximum atomic E-state index is 12.0. The van der Waals surface area contributed by atoms with Gasteiger partial charge in [0.2, 0.25) is 0 Å². The average molecular weight is 378 g/mol. The zero-order valence-corrected chi connectivity index (χ0v) is 15.6. The molecule has 2 aromatic rings. The van der Waals surface area contributed by atoms with E-state index in [9.17, 15) is 9.59 Å². The fourth-order valence-corrected chi connectivity index (χ4v) is 3.23. The van der Waals surface area contributed by atoms with Crippen molar-refractivity contribution in [3.63, 3.8) is 0 Å². The van der Waals surface area contributed by atoms with Crippen molar-refractivity contribution in [2.45, 2.75) is 30.0 Å². The summed E-state index contributed by atoms with van der Waals surface area (Å²) in [4.78, 5) is 25.0. The molecule has 2 rings (SSSR count). The van der Waals surface area contributed by atoms with Crippen LogP contribution >= 0.6 is 23.4 Å². The van der Waals surface area contributed by atoms with Crippen LogP contribution in [0.5, 0.6) is 0 Å². The quantitative estimate of drug-likeness (QED) is 0.579. The molecular weight excluding hydrogens is 358 g/mol. The van der Waals surface area contributed by atoms with Crippen LogP contribution in [0.3, 0.4) is 0 Å². The fourth-order valence-electron chi connectivity index (χ4n) is 2.15. The van der Waals surface area contributed by atoms with Crippen molar-refractivity contribution in [3.8, 4) is 0 Å². The average Bonchev–Trinajstić information content (AvgIpc) is 2.60. The Morgan fingerprint density at radius 3 is 2.52 bits per heavy atom. The topological polar surface area (TPSA) is 55.4 Å². The Labute approximate surface area is 156 Å². The number of rotatable bonds is 7. The number of thioether (sulfide) groups is 1. The lowest BCUT2D eigenvalue weighted by Crippen LogP contribution is -2.32. The summed E-state index contributed by atoms with van der Waals surface area (Å²) in [5.74, 6) is -0.767. The number of ether oxygens (including phenoxy) is 1. The van der Waals surface area contributed by atoms with Crippen molar-refractivity contribution in [3.05, 3.63) is 65.2 Å². The summed E-state index contributed by atoms with van der Waals surface area (Å²) < 4.78 is 5.10. The lowest BCUT2D eigenvalue weighted by Gasteiger charge is -2.15. The van der Waals surface area contributed by atoms with Crippen molar-refractivity contribution in [2.75, 3.05) is 6.61 Å². The van der Waals surface area contributed by atoms with Gasteiger partial charge in [-0.1, -0.05) is 41.9 Å². The Balaban J connectivity index is 1.78. The van der Waals surface area contributed by atoms with Crippen LogP contribution in [0.1, 0.15) is 25.5 Å². The summed E-state index contributed by atoms with van der Waals surface area (Å²) >= 11 is 7.34. The molecule has 2 aromatic carbocycles. The molecule has 0 radical (unpaired) electrons. The molecule has 0 unspecified atom stereocenters. The number of nitrogens with one attached hydrogen (secondary N) is 1. The molecule has 0 aliphatic rings. The Hall–Kier alpha value is -1.98. The zero-order valence-electron chi connectivity index (χ0n) is 14.1. The SMILES string of the molecule is C[C@H](NC(=O)COC(=O)[C@@H](C)Sc1ccccc1)c1cccc(Cl)c1. The van der Waals surface area contributed by atoms with Gasteiger partial charge in [0.1, 0.15) is 5.25 Å². The molecular formula is C19H20ClNO3S. The molecule has 0 heterocycles. The first-order chi connectivity index (χ1) is 12.0. The number of halogens is 1. The standard InChI is InChI=1S/C19H20ClNO3S/c1-13(15-7-6-8-16(20)11-15)21-18(22)12-24-19(23)14(2)25-17-9-4-3-5-10-17/h3-11,13-14H,12H2,1-2H3,(H,21,22)/t13-,14+/m0/s1. The monoisotopic (exact) mass is 377 g/mol. The van der Waals surface area contributed by atoms with Crippen LogP contribution in [0.25, 0.3) is 0 Å². The summed E-state index contributed by atoms with van der Waals surface area (Å²) in [6.07, 6.45) is 0. The minimum Gasteiger partial charge on any atom is -0.455 e. The first-order valence-electron chi connectivity index (χ1n) is 7.89. The molecule has 132 valence electrons. The van der Waals surface area contributed by atoms with E-state index in [-0.39, 0.29) is 23.8 Å². The van der Waals surface area contributed by atoms with Crippen LogP contribution in [-0.4, -0.2) is 23.7 Å². The van der Waals surface area contributed by atoms with Gasteiger partial charge in [0.05, 0.1) is 6.04 Å². The summed E-state index contributed by atoms with van der Waals surface area (Å²) in [5, 5.41) is 3.01. The molecule has 0 saturated carbocycles. The number of hydrogen-bond donors (Lipinski definition) is 1. The third kappa shape index (κ3) is 6.44. The van der Waals surface area contributed by atoms with Crippen LogP contribution < -0.4 is 5.32 Å². The lowest BCUT2D eigenvalue weighted by atomic mass is 10.1. The molecule has 1 N–H and O–H groups in total. The second kappa shape index (κ2) is 9.49. The highest BCUT2D eigenvalue weighted by molar-refractivity contribution is 8.00. The largest absolute Gasteiger partial charge is 0.455 e. The van der Waals surface area contributed by atoms with Gasteiger partial charge in [-0.3, -0.25) is 9.59 Å². The van der Waals surface area contributed by atoms with Crippen LogP contribution in [0, 0.1) is 0 Å². The molecule has 0 aromatic heterocycles. The molecule has 0 fully saturated rings. The predicted molar refractivity (Wildman–Crippen MR) is 101 cm³/mol. The van der Waals surface area contributed by atoms with Crippen molar-refractivity contribution in [1.29, 1.82) is 0 Å². The summed E-state index contributed by atoms with van der Waals surface area (Å²) in [6.45, 7) is 3.30. The fraction of sp³-hybridized carbons (Fsp3) is 0.263. The maximum absolute atomic E-state index is 12.0. The predicted octanol–water partition coefficient (Wildman–Crippen LogP) is 4.24. The molecule has 25 heavy (non-hydrogen) atoms. The van der Waals surface area contributed by atoms with E-state index in [4.69, 9.17) is 16.3 Å². The van der Waals surface area contributed by atoms with Crippen molar-refractivity contribution in [1.82, 2.24) is 5.32 Å². The van der Waals surface area contributed by atoms with E-state index in [1.54, 1.807) is 19.1 Å². The molecule has 4 nitrogen and oxygen atoms in total. The number of hydrogen-bond acceptors (Lipinski definition) is 4. The van der Waals surface area contributed by atoms with Gasteiger partial charge in [0.15, 0.2) is 6.61 Å². The van der Waals surface area contributed by atoms with Gasteiger partial charge in [-0.05, 0) is 43.7 Å². The summed E-state index contributed by atoms with van der Waals surface area (Å²) in [5.41, 5.74) is 0.889. The molecule has 0 aliphatic carbocycles. The Kier molecular flexibility index (Phi) is 7.34. The van der Waals surface area contributed by atoms with E-state index in [1.165, 1.54) is 11.8 Å². The molecule has 0 bridgehead atoms. The normalized spacial score (nSPS) is 12.9. The van der Waals surface area contributed by atoms with E-state index in [1.807, 2.05) is 49.4 Å². The molecule has 0 saturated heterocycles. The maximum Gasteiger partial charge on any atom is 0.319 e. The van der Waals surface area contributed by atoms with Crippen molar-refractivity contribution < 1.29 is 14.3 Å². The zero-order chi connectivity index (χ0) is 18.2. The summed E-state index contributed by atoms with van der Waals surface area (Å²) in [7, 11) is 0. The Morgan fingerprint density at radius 2 is 1.84 bits per heavy atom. The van der Waals surface area contributed by atoms with E-state index in [0.717, 1.165) is 10.5 Å². The van der Waals surface area contributed by atoms with Crippen LogP contribution in [0.2, 0.25) is 5.02 Å². The smallest absolute Gasteiger partial charge is 0.319 e. The second-order valence-electron chi connectivity index (χ2n) is 5.53. The van der Waals surface area contributed by atoms with Gasteiger partial charge in [-0.15, -0.1) is 11.8 Å². The van der Waals surface area contributed by atoms with Gasteiger partial charge in [-0.2, -0.15) is 0 Å². The van der Waals surface area contributed by atoms with E-state index < -0.39 is 5.97 Å². The molecule has 0 spiro atoms. The van der Waals surface area contributed by atoms with Gasteiger partial charge < -0.3 is 10.1 Å². The highest BCUT2D eigenvalue weighted by Gasteiger charge is 2.18. The highest BCUT2D eigenvalue weighted by atomic mass is 35.5. The Bertz CT molecular complexity index is 724. The second-order valence-corrected chi connectivity index (χ2v) is 7.38. The minimum absolute atomic E-state index is 0.221. The first kappa shape index (κ1) is 19.3. The molecule has 1 amide bonds. The molecule has 2 atom stereocenters. The van der Waals surface area contributed by atoms with E-state index >= 15 is 0 Å². The van der Waals surface area contributed by atoms with Gasteiger partial charge in [0, 0.05) is 9.92 Å². The number of carbonyl (C=O) groups excluding carboxylic acids is 2. The minimum atomic E-state index is -0.417. The Morgan fingerprint density at radius 1 is 1.12 bits per heavy atom. The third-order valence-corrected chi connectivity index (χ3v) is 4.79. The number of esters is 1. The lowest BCUT2D eigenvalue weighted by molar-refractivity contribution is -0.147. The van der Waals surface area contributed by atoms with Crippen molar-refractivity contribution >= 4 is 35.2 Å². The third-order valence-electron chi connectivity index (χ3n) is 3.46. The number of amides is 1. The van der Waals surface area contributed by atoms with E-state index in [0.29, 0.717) is 5.02 Å². The van der Waals surface area contributed by atoms with Crippen molar-refractivity contribution in [2.24, 2.45) is 0 Å². The first-order valence-corrected chi connectivity index (χ1v) is 9.14. The van der Waals surface area contributed by atoms with Crippen LogP contribution in [0.4, 0.5) is 0 Å². The highest BCUT2D eigenvalue weighted by Crippen LogP contribution is 2.23. The van der Waals surface area contributed by atoms with Gasteiger partial charge >= 0.3 is 5.97 Å². The van der Waals surface area contributed by atoms with Gasteiger partial charge in [-0.25, -0.2) is 0 Å². The van der Waals surface area contributed by atoms with Gasteiger partial charge in [0.25, 0.3) is 5.91 Å². The van der Waals surface area contributed by atoms with Crippen LogP contribution in [0.15, 0.2) is 59.5 Å². The molecule has 6 heteroatoms. The molecule has 0 aliphatic heterocycles. The number of benzene rings is 2. The van der Waals surface area contributed by atoms with E-state index in [2.05, 4.69) is 5.32 Å². The van der Waals surface area contributed by atoms with Crippen LogP contribution in [-0.2, 0) is 14.3 Å². The number of carbonyl (C=O) groups is 2. The summed E-state index contributed by atoms with van der Waals surface area (Å²) in [6, 6.07) is 16.6.